The van der Waals surface area contributed by atoms with E-state index < -0.39 is 0 Å². The minimum absolute atomic E-state index is 0.676. The molecule has 0 bridgehead atoms. The third-order valence-corrected chi connectivity index (χ3v) is 2.82. The van der Waals surface area contributed by atoms with Crippen molar-refractivity contribution in [2.24, 2.45) is 5.92 Å². The molecule has 15 heavy (non-hydrogen) atoms. The van der Waals surface area contributed by atoms with Crippen molar-refractivity contribution in [2.75, 3.05) is 11.9 Å². The summed E-state index contributed by atoms with van der Waals surface area (Å²) in [7, 11) is 0. The van der Waals surface area contributed by atoms with Gasteiger partial charge in [0.1, 0.15) is 6.07 Å². The molecule has 0 unspecified atom stereocenters. The normalized spacial score (nSPS) is 10.1. The van der Waals surface area contributed by atoms with Crippen LogP contribution in [-0.2, 0) is 0 Å². The number of rotatable bonds is 4. The fourth-order valence-electron chi connectivity index (χ4n) is 1.28. The Bertz CT molecular complexity index is 366. The molecule has 2 nitrogen and oxygen atoms in total. The highest BCUT2D eigenvalue weighted by Crippen LogP contribution is 2.23. The van der Waals surface area contributed by atoms with Gasteiger partial charge in [0, 0.05) is 11.0 Å². The fourth-order valence-corrected chi connectivity index (χ4v) is 1.74. The van der Waals surface area contributed by atoms with Gasteiger partial charge in [-0.3, -0.25) is 0 Å². The summed E-state index contributed by atoms with van der Waals surface area (Å²) in [5, 5.41) is 12.3. The minimum atomic E-state index is 0.676. The van der Waals surface area contributed by atoms with Gasteiger partial charge >= 0.3 is 0 Å². The second kappa shape index (κ2) is 5.77. The van der Waals surface area contributed by atoms with Crippen LogP contribution >= 0.6 is 15.9 Å². The Morgan fingerprint density at radius 1 is 1.47 bits per heavy atom. The van der Waals surface area contributed by atoms with Crippen molar-refractivity contribution in [3.05, 3.63) is 28.2 Å². The zero-order valence-corrected chi connectivity index (χ0v) is 10.6. The van der Waals surface area contributed by atoms with E-state index in [1.807, 2.05) is 18.2 Å². The first-order valence-electron chi connectivity index (χ1n) is 5.07. The maximum absolute atomic E-state index is 8.99. The molecule has 0 saturated carbocycles. The quantitative estimate of drug-likeness (QED) is 0.901. The average molecular weight is 267 g/mol. The van der Waals surface area contributed by atoms with E-state index in [2.05, 4.69) is 41.2 Å². The molecule has 1 aromatic rings. The summed E-state index contributed by atoms with van der Waals surface area (Å²) < 4.78 is 0.847. The molecule has 0 radical (unpaired) electrons. The lowest BCUT2D eigenvalue weighted by atomic mass is 10.1. The molecule has 0 aliphatic carbocycles. The Kier molecular flexibility index (Phi) is 4.64. The lowest BCUT2D eigenvalue weighted by molar-refractivity contribution is 0.607. The van der Waals surface area contributed by atoms with Gasteiger partial charge in [0.15, 0.2) is 0 Å². The van der Waals surface area contributed by atoms with Gasteiger partial charge in [-0.15, -0.1) is 0 Å². The van der Waals surface area contributed by atoms with Gasteiger partial charge in [0.25, 0.3) is 0 Å². The number of nitriles is 1. The zero-order valence-electron chi connectivity index (χ0n) is 9.05. The first-order chi connectivity index (χ1) is 7.15. The molecule has 0 aromatic heterocycles. The molecule has 0 aliphatic rings. The molecule has 0 amide bonds. The SMILES string of the molecule is CC(C)CCNc1cccc(Br)c1C#N. The van der Waals surface area contributed by atoms with Crippen LogP contribution < -0.4 is 5.32 Å². The third-order valence-electron chi connectivity index (χ3n) is 2.16. The van der Waals surface area contributed by atoms with Crippen LogP contribution in [0.1, 0.15) is 25.8 Å². The van der Waals surface area contributed by atoms with Crippen molar-refractivity contribution in [3.8, 4) is 6.07 Å². The van der Waals surface area contributed by atoms with Crippen molar-refractivity contribution < 1.29 is 0 Å². The molecule has 0 atom stereocenters. The second-order valence-corrected chi connectivity index (χ2v) is 4.74. The first kappa shape index (κ1) is 12.1. The van der Waals surface area contributed by atoms with E-state index in [4.69, 9.17) is 5.26 Å². The third kappa shape index (κ3) is 3.56. The molecular weight excluding hydrogens is 252 g/mol. The largest absolute Gasteiger partial charge is 0.384 e. The van der Waals surface area contributed by atoms with E-state index in [-0.39, 0.29) is 0 Å². The Morgan fingerprint density at radius 3 is 2.80 bits per heavy atom. The fraction of sp³-hybridized carbons (Fsp3) is 0.417. The summed E-state index contributed by atoms with van der Waals surface area (Å²) in [6, 6.07) is 7.94. The number of nitrogens with zero attached hydrogens (tertiary/aromatic N) is 1. The predicted molar refractivity (Wildman–Crippen MR) is 66.8 cm³/mol. The number of hydrogen-bond acceptors (Lipinski definition) is 2. The van der Waals surface area contributed by atoms with Crippen molar-refractivity contribution in [3.63, 3.8) is 0 Å². The van der Waals surface area contributed by atoms with Crippen LogP contribution in [0.2, 0.25) is 0 Å². The Labute approximate surface area is 99.4 Å². The molecule has 0 aliphatic heterocycles. The minimum Gasteiger partial charge on any atom is -0.384 e. The van der Waals surface area contributed by atoms with Crippen molar-refractivity contribution >= 4 is 21.6 Å². The van der Waals surface area contributed by atoms with Gasteiger partial charge < -0.3 is 5.32 Å². The maximum atomic E-state index is 8.99. The highest BCUT2D eigenvalue weighted by Gasteiger charge is 2.04. The van der Waals surface area contributed by atoms with E-state index in [0.717, 1.165) is 23.1 Å². The maximum Gasteiger partial charge on any atom is 0.103 e. The highest BCUT2D eigenvalue weighted by molar-refractivity contribution is 9.10. The summed E-state index contributed by atoms with van der Waals surface area (Å²) in [6.45, 7) is 5.28. The molecule has 0 spiro atoms. The van der Waals surface area contributed by atoms with Crippen LogP contribution in [-0.4, -0.2) is 6.54 Å². The van der Waals surface area contributed by atoms with Crippen LogP contribution in [0.15, 0.2) is 22.7 Å². The van der Waals surface area contributed by atoms with E-state index in [9.17, 15) is 0 Å². The molecule has 0 heterocycles. The number of hydrogen-bond donors (Lipinski definition) is 1. The summed E-state index contributed by atoms with van der Waals surface area (Å²) in [4.78, 5) is 0. The summed E-state index contributed by atoms with van der Waals surface area (Å²) in [5.41, 5.74) is 1.59. The van der Waals surface area contributed by atoms with Gasteiger partial charge in [0.05, 0.1) is 11.3 Å². The van der Waals surface area contributed by atoms with Gasteiger partial charge in [-0.2, -0.15) is 5.26 Å². The Morgan fingerprint density at radius 2 is 2.20 bits per heavy atom. The Hall–Kier alpha value is -1.01. The molecule has 1 aromatic carbocycles. The van der Waals surface area contributed by atoms with Crippen LogP contribution in [0.3, 0.4) is 0 Å². The topological polar surface area (TPSA) is 35.8 Å². The molecule has 80 valence electrons. The van der Waals surface area contributed by atoms with Crippen LogP contribution in [0, 0.1) is 17.2 Å². The molecule has 3 heteroatoms. The number of nitrogens with one attached hydrogen (secondary N) is 1. The van der Waals surface area contributed by atoms with Crippen molar-refractivity contribution in [1.29, 1.82) is 5.26 Å². The van der Waals surface area contributed by atoms with Crippen LogP contribution in [0.5, 0.6) is 0 Å². The lowest BCUT2D eigenvalue weighted by Gasteiger charge is -2.10. The predicted octanol–water partition coefficient (Wildman–Crippen LogP) is 3.78. The van der Waals surface area contributed by atoms with E-state index >= 15 is 0 Å². The molecular formula is C12H15BrN2. The zero-order chi connectivity index (χ0) is 11.3. The monoisotopic (exact) mass is 266 g/mol. The van der Waals surface area contributed by atoms with E-state index in [1.165, 1.54) is 0 Å². The van der Waals surface area contributed by atoms with Gasteiger partial charge in [-0.1, -0.05) is 19.9 Å². The summed E-state index contributed by atoms with van der Waals surface area (Å²) in [6.07, 6.45) is 1.11. The Balaban J connectivity index is 2.69. The van der Waals surface area contributed by atoms with Crippen molar-refractivity contribution in [2.45, 2.75) is 20.3 Å². The highest BCUT2D eigenvalue weighted by atomic mass is 79.9. The van der Waals surface area contributed by atoms with E-state index in [1.54, 1.807) is 0 Å². The van der Waals surface area contributed by atoms with Crippen LogP contribution in [0.4, 0.5) is 5.69 Å². The molecule has 1 N–H and O–H groups in total. The average Bonchev–Trinajstić information content (AvgIpc) is 2.17. The number of benzene rings is 1. The van der Waals surface area contributed by atoms with Gasteiger partial charge in [0.2, 0.25) is 0 Å². The summed E-state index contributed by atoms with van der Waals surface area (Å²) in [5.74, 6) is 0.676. The van der Waals surface area contributed by atoms with Crippen molar-refractivity contribution in [1.82, 2.24) is 0 Å². The molecule has 0 saturated heterocycles. The number of halogens is 1. The number of anilines is 1. The van der Waals surface area contributed by atoms with Gasteiger partial charge in [-0.05, 0) is 40.4 Å². The first-order valence-corrected chi connectivity index (χ1v) is 5.87. The molecule has 0 fully saturated rings. The summed E-state index contributed by atoms with van der Waals surface area (Å²) >= 11 is 3.37. The second-order valence-electron chi connectivity index (χ2n) is 3.88. The van der Waals surface area contributed by atoms with E-state index in [0.29, 0.717) is 11.5 Å². The standard InChI is InChI=1S/C12H15BrN2/c1-9(2)6-7-15-12-5-3-4-11(13)10(12)8-14/h3-5,9,15H,6-7H2,1-2H3. The lowest BCUT2D eigenvalue weighted by Crippen LogP contribution is -2.06. The smallest absolute Gasteiger partial charge is 0.103 e. The molecule has 1 rings (SSSR count). The van der Waals surface area contributed by atoms with Crippen LogP contribution in [0.25, 0.3) is 0 Å². The van der Waals surface area contributed by atoms with Gasteiger partial charge in [-0.25, -0.2) is 0 Å².